The zero-order valence-electron chi connectivity index (χ0n) is 11.8. The molecule has 2 N–H and O–H groups in total. The lowest BCUT2D eigenvalue weighted by Crippen LogP contribution is -2.24. The lowest BCUT2D eigenvalue weighted by atomic mass is 10.1. The molecule has 0 saturated heterocycles. The van der Waals surface area contributed by atoms with Crippen molar-refractivity contribution in [3.63, 3.8) is 0 Å². The van der Waals surface area contributed by atoms with Crippen molar-refractivity contribution in [1.29, 1.82) is 0 Å². The van der Waals surface area contributed by atoms with Crippen LogP contribution in [-0.2, 0) is 13.0 Å². The van der Waals surface area contributed by atoms with E-state index in [4.69, 9.17) is 5.73 Å². The molecule has 0 radical (unpaired) electrons. The van der Waals surface area contributed by atoms with Crippen LogP contribution in [0.25, 0.3) is 0 Å². The molecule has 0 bridgehead atoms. The van der Waals surface area contributed by atoms with E-state index >= 15 is 0 Å². The van der Waals surface area contributed by atoms with Crippen LogP contribution >= 0.6 is 0 Å². The summed E-state index contributed by atoms with van der Waals surface area (Å²) in [6.45, 7) is 4.33. The van der Waals surface area contributed by atoms with Gasteiger partial charge in [0.1, 0.15) is 5.82 Å². The summed E-state index contributed by atoms with van der Waals surface area (Å²) in [5.74, 6) is -0.201. The summed E-state index contributed by atoms with van der Waals surface area (Å²) in [4.78, 5) is 2.25. The van der Waals surface area contributed by atoms with Gasteiger partial charge < -0.3 is 10.6 Å². The summed E-state index contributed by atoms with van der Waals surface area (Å²) in [5.41, 5.74) is 8.93. The minimum absolute atomic E-state index is 0.201. The SMILES string of the molecule is CCN(Cc1ccccc1)c1ccc(F)cc1CCN. The Bertz CT molecular complexity index is 540. The molecule has 2 nitrogen and oxygen atoms in total. The van der Waals surface area contributed by atoms with Gasteiger partial charge in [0.05, 0.1) is 0 Å². The minimum Gasteiger partial charge on any atom is -0.367 e. The monoisotopic (exact) mass is 272 g/mol. The Hall–Kier alpha value is -1.87. The molecule has 106 valence electrons. The van der Waals surface area contributed by atoms with Gasteiger partial charge in [0.2, 0.25) is 0 Å². The number of nitrogens with two attached hydrogens (primary N) is 1. The minimum atomic E-state index is -0.201. The molecule has 2 rings (SSSR count). The molecular weight excluding hydrogens is 251 g/mol. The molecule has 0 aromatic heterocycles. The van der Waals surface area contributed by atoms with Gasteiger partial charge in [-0.1, -0.05) is 30.3 Å². The number of halogens is 1. The number of benzene rings is 2. The average molecular weight is 272 g/mol. The standard InChI is InChI=1S/C17H21FN2/c1-2-20(13-14-6-4-3-5-7-14)17-9-8-16(18)12-15(17)10-11-19/h3-9,12H,2,10-11,13,19H2,1H3. The van der Waals surface area contributed by atoms with Gasteiger partial charge in [-0.05, 0) is 49.2 Å². The number of hydrogen-bond acceptors (Lipinski definition) is 2. The van der Waals surface area contributed by atoms with Crippen LogP contribution < -0.4 is 10.6 Å². The molecule has 0 spiro atoms. The topological polar surface area (TPSA) is 29.3 Å². The smallest absolute Gasteiger partial charge is 0.123 e. The van der Waals surface area contributed by atoms with E-state index < -0.39 is 0 Å². The van der Waals surface area contributed by atoms with Crippen molar-refractivity contribution < 1.29 is 4.39 Å². The lowest BCUT2D eigenvalue weighted by molar-refractivity contribution is 0.624. The second-order valence-electron chi connectivity index (χ2n) is 4.81. The average Bonchev–Trinajstić information content (AvgIpc) is 2.47. The Morgan fingerprint density at radius 1 is 1.10 bits per heavy atom. The molecule has 20 heavy (non-hydrogen) atoms. The molecule has 0 aliphatic heterocycles. The van der Waals surface area contributed by atoms with E-state index in [1.807, 2.05) is 24.3 Å². The fourth-order valence-electron chi connectivity index (χ4n) is 2.39. The number of nitrogens with zero attached hydrogens (tertiary/aromatic N) is 1. The number of rotatable bonds is 6. The first-order valence-electron chi connectivity index (χ1n) is 7.02. The molecular formula is C17H21FN2. The van der Waals surface area contributed by atoms with Crippen LogP contribution in [0.15, 0.2) is 48.5 Å². The maximum absolute atomic E-state index is 13.4. The maximum Gasteiger partial charge on any atom is 0.123 e. The lowest BCUT2D eigenvalue weighted by Gasteiger charge is -2.26. The summed E-state index contributed by atoms with van der Waals surface area (Å²) in [5, 5.41) is 0. The summed E-state index contributed by atoms with van der Waals surface area (Å²) >= 11 is 0. The summed E-state index contributed by atoms with van der Waals surface area (Å²) in [6.07, 6.45) is 0.693. The zero-order valence-corrected chi connectivity index (χ0v) is 11.8. The first kappa shape index (κ1) is 14.5. The largest absolute Gasteiger partial charge is 0.367 e. The van der Waals surface area contributed by atoms with Crippen LogP contribution in [0.2, 0.25) is 0 Å². The van der Waals surface area contributed by atoms with Gasteiger partial charge in [0.25, 0.3) is 0 Å². The molecule has 0 atom stereocenters. The highest BCUT2D eigenvalue weighted by Gasteiger charge is 2.11. The van der Waals surface area contributed by atoms with E-state index in [-0.39, 0.29) is 5.82 Å². The highest BCUT2D eigenvalue weighted by atomic mass is 19.1. The predicted molar refractivity (Wildman–Crippen MR) is 82.3 cm³/mol. The van der Waals surface area contributed by atoms with Crippen molar-refractivity contribution in [3.05, 3.63) is 65.5 Å². The Kier molecular flexibility index (Phi) is 5.13. The summed E-state index contributed by atoms with van der Waals surface area (Å²) in [7, 11) is 0. The van der Waals surface area contributed by atoms with Gasteiger partial charge in [-0.2, -0.15) is 0 Å². The molecule has 0 aliphatic rings. The molecule has 0 amide bonds. The van der Waals surface area contributed by atoms with Gasteiger partial charge in [-0.25, -0.2) is 4.39 Å². The van der Waals surface area contributed by atoms with E-state index in [1.54, 1.807) is 6.07 Å². The van der Waals surface area contributed by atoms with E-state index in [0.717, 1.165) is 24.3 Å². The van der Waals surface area contributed by atoms with Gasteiger partial charge in [-0.15, -0.1) is 0 Å². The van der Waals surface area contributed by atoms with E-state index in [0.29, 0.717) is 13.0 Å². The van der Waals surface area contributed by atoms with Crippen LogP contribution in [0.3, 0.4) is 0 Å². The van der Waals surface area contributed by atoms with Gasteiger partial charge in [0.15, 0.2) is 0 Å². The number of anilines is 1. The van der Waals surface area contributed by atoms with Crippen molar-refractivity contribution in [3.8, 4) is 0 Å². The summed E-state index contributed by atoms with van der Waals surface area (Å²) in [6, 6.07) is 15.3. The molecule has 0 aliphatic carbocycles. The molecule has 3 heteroatoms. The normalized spacial score (nSPS) is 10.6. The fraction of sp³-hybridized carbons (Fsp3) is 0.294. The molecule has 0 fully saturated rings. The third-order valence-corrected chi connectivity index (χ3v) is 3.39. The van der Waals surface area contributed by atoms with Crippen LogP contribution in [0, 0.1) is 5.82 Å². The molecule has 0 saturated carbocycles. The van der Waals surface area contributed by atoms with Crippen molar-refractivity contribution in [2.75, 3.05) is 18.0 Å². The Morgan fingerprint density at radius 2 is 1.85 bits per heavy atom. The van der Waals surface area contributed by atoms with Gasteiger partial charge in [0, 0.05) is 18.8 Å². The first-order chi connectivity index (χ1) is 9.74. The first-order valence-corrected chi connectivity index (χ1v) is 7.02. The van der Waals surface area contributed by atoms with Gasteiger partial charge >= 0.3 is 0 Å². The highest BCUT2D eigenvalue weighted by Crippen LogP contribution is 2.23. The Balaban J connectivity index is 2.27. The van der Waals surface area contributed by atoms with Crippen LogP contribution in [0.5, 0.6) is 0 Å². The third kappa shape index (κ3) is 3.58. The van der Waals surface area contributed by atoms with E-state index in [1.165, 1.54) is 11.6 Å². The maximum atomic E-state index is 13.4. The van der Waals surface area contributed by atoms with E-state index in [2.05, 4.69) is 24.0 Å². The Morgan fingerprint density at radius 3 is 2.50 bits per heavy atom. The molecule has 0 unspecified atom stereocenters. The van der Waals surface area contributed by atoms with Crippen molar-refractivity contribution in [2.24, 2.45) is 5.73 Å². The van der Waals surface area contributed by atoms with Crippen LogP contribution in [0.4, 0.5) is 10.1 Å². The zero-order chi connectivity index (χ0) is 14.4. The second kappa shape index (κ2) is 7.06. The van der Waals surface area contributed by atoms with Crippen LogP contribution in [0.1, 0.15) is 18.1 Å². The predicted octanol–water partition coefficient (Wildman–Crippen LogP) is 3.35. The van der Waals surface area contributed by atoms with Gasteiger partial charge in [-0.3, -0.25) is 0 Å². The van der Waals surface area contributed by atoms with Crippen molar-refractivity contribution >= 4 is 5.69 Å². The molecule has 2 aromatic rings. The molecule has 0 heterocycles. The second-order valence-corrected chi connectivity index (χ2v) is 4.81. The van der Waals surface area contributed by atoms with E-state index in [9.17, 15) is 4.39 Å². The fourth-order valence-corrected chi connectivity index (χ4v) is 2.39. The third-order valence-electron chi connectivity index (χ3n) is 3.39. The van der Waals surface area contributed by atoms with Crippen LogP contribution in [-0.4, -0.2) is 13.1 Å². The van der Waals surface area contributed by atoms with Crippen molar-refractivity contribution in [2.45, 2.75) is 19.9 Å². The Labute approximate surface area is 120 Å². The summed E-state index contributed by atoms with van der Waals surface area (Å²) < 4.78 is 13.4. The highest BCUT2D eigenvalue weighted by molar-refractivity contribution is 5.54. The number of hydrogen-bond donors (Lipinski definition) is 1. The molecule has 2 aromatic carbocycles. The van der Waals surface area contributed by atoms with Crippen molar-refractivity contribution in [1.82, 2.24) is 0 Å². The quantitative estimate of drug-likeness (QED) is 0.873.